The molecule has 1 aliphatic rings. The minimum absolute atomic E-state index is 0.190. The van der Waals surface area contributed by atoms with Gasteiger partial charge in [-0.3, -0.25) is 4.79 Å². The lowest BCUT2D eigenvalue weighted by molar-refractivity contribution is -0.113. The molecule has 0 spiro atoms. The molecule has 0 N–H and O–H groups in total. The van der Waals surface area contributed by atoms with Gasteiger partial charge in [0.15, 0.2) is 5.78 Å². The number of hydrogen-bond acceptors (Lipinski definition) is 3. The summed E-state index contributed by atoms with van der Waals surface area (Å²) in [5, 5.41) is 0. The van der Waals surface area contributed by atoms with E-state index < -0.39 is 0 Å². The number of carbonyl (C=O) groups excluding carboxylic acids is 1. The molecule has 0 aromatic rings. The standard InChI is InChI=1S/C17H26N2O/c1-14-10-11-15(8-6-12-18(2)3)17(20)16(14)9-7-13-19(4)5/h6-9,12-14H,10-11H2,1-5H3/b12-6+,13-7+,15-8+,16-9?/t14-/m0/s1. The van der Waals surface area contributed by atoms with Crippen molar-refractivity contribution in [2.75, 3.05) is 28.2 Å². The lowest BCUT2D eigenvalue weighted by atomic mass is 9.81. The van der Waals surface area contributed by atoms with Gasteiger partial charge in [-0.05, 0) is 48.9 Å². The molecule has 0 bridgehead atoms. The molecule has 1 saturated carbocycles. The van der Waals surface area contributed by atoms with Crippen molar-refractivity contribution in [2.45, 2.75) is 19.8 Å². The Morgan fingerprint density at radius 1 is 1.00 bits per heavy atom. The van der Waals surface area contributed by atoms with Crippen molar-refractivity contribution >= 4 is 5.78 Å². The summed E-state index contributed by atoms with van der Waals surface area (Å²) in [5.41, 5.74) is 1.82. The van der Waals surface area contributed by atoms with Gasteiger partial charge < -0.3 is 9.80 Å². The van der Waals surface area contributed by atoms with E-state index in [2.05, 4.69) is 6.92 Å². The molecule has 0 aromatic carbocycles. The average molecular weight is 274 g/mol. The molecule has 1 fully saturated rings. The van der Waals surface area contributed by atoms with E-state index in [0.717, 1.165) is 24.0 Å². The van der Waals surface area contributed by atoms with E-state index in [4.69, 9.17) is 0 Å². The fourth-order valence-electron chi connectivity index (χ4n) is 2.10. The average Bonchev–Trinajstić information content (AvgIpc) is 2.35. The molecule has 1 aliphatic carbocycles. The van der Waals surface area contributed by atoms with Gasteiger partial charge in [0, 0.05) is 33.8 Å². The third-order valence-electron chi connectivity index (χ3n) is 3.27. The van der Waals surface area contributed by atoms with Crippen LogP contribution >= 0.6 is 0 Å². The fraction of sp³-hybridized carbons (Fsp3) is 0.471. The van der Waals surface area contributed by atoms with Crippen molar-refractivity contribution in [2.24, 2.45) is 5.92 Å². The summed E-state index contributed by atoms with van der Waals surface area (Å²) in [6.07, 6.45) is 13.6. The molecule has 0 aliphatic heterocycles. The van der Waals surface area contributed by atoms with E-state index in [1.54, 1.807) is 0 Å². The van der Waals surface area contributed by atoms with Crippen molar-refractivity contribution in [3.8, 4) is 0 Å². The van der Waals surface area contributed by atoms with Crippen LogP contribution in [0, 0.1) is 5.92 Å². The van der Waals surface area contributed by atoms with Gasteiger partial charge in [-0.1, -0.05) is 19.1 Å². The monoisotopic (exact) mass is 274 g/mol. The number of carbonyl (C=O) groups is 1. The lowest BCUT2D eigenvalue weighted by Crippen LogP contribution is -2.19. The molecule has 1 rings (SSSR count). The summed E-state index contributed by atoms with van der Waals surface area (Å²) in [5.74, 6) is 0.528. The first-order chi connectivity index (χ1) is 9.41. The van der Waals surface area contributed by atoms with Crippen molar-refractivity contribution in [3.63, 3.8) is 0 Å². The Labute approximate surface area is 122 Å². The van der Waals surface area contributed by atoms with E-state index in [9.17, 15) is 4.79 Å². The number of ketones is 1. The number of Topliss-reactive ketones (excluding diaryl/α,β-unsaturated/α-hetero) is 1. The molecule has 3 nitrogen and oxygen atoms in total. The Balaban J connectivity index is 2.87. The minimum atomic E-state index is 0.190. The Hall–Kier alpha value is -1.77. The first-order valence-electron chi connectivity index (χ1n) is 7.05. The lowest BCUT2D eigenvalue weighted by Gasteiger charge is -2.22. The molecule has 3 heteroatoms. The van der Waals surface area contributed by atoms with Crippen molar-refractivity contribution in [3.05, 3.63) is 47.9 Å². The van der Waals surface area contributed by atoms with Crippen LogP contribution in [0.1, 0.15) is 19.8 Å². The highest BCUT2D eigenvalue weighted by Gasteiger charge is 2.25. The summed E-state index contributed by atoms with van der Waals surface area (Å²) in [7, 11) is 7.88. The topological polar surface area (TPSA) is 23.6 Å². The maximum absolute atomic E-state index is 12.5. The summed E-state index contributed by atoms with van der Waals surface area (Å²) in [4.78, 5) is 16.4. The SMILES string of the molecule is C[C@H]1CC/C(=C\C=C\N(C)C)C(=O)C1=C/C=C/N(C)C. The maximum atomic E-state index is 12.5. The zero-order chi connectivity index (χ0) is 15.1. The van der Waals surface area contributed by atoms with E-state index in [1.165, 1.54) is 0 Å². The van der Waals surface area contributed by atoms with Crippen LogP contribution in [-0.4, -0.2) is 43.8 Å². The van der Waals surface area contributed by atoms with Gasteiger partial charge in [-0.15, -0.1) is 0 Å². The second-order valence-electron chi connectivity index (χ2n) is 5.69. The van der Waals surface area contributed by atoms with Gasteiger partial charge in [-0.2, -0.15) is 0 Å². The zero-order valence-electron chi connectivity index (χ0n) is 13.3. The Morgan fingerprint density at radius 2 is 1.55 bits per heavy atom. The summed E-state index contributed by atoms with van der Waals surface area (Å²) in [6, 6.07) is 0. The fourth-order valence-corrected chi connectivity index (χ4v) is 2.10. The minimum Gasteiger partial charge on any atom is -0.383 e. The predicted molar refractivity (Wildman–Crippen MR) is 85.2 cm³/mol. The number of hydrogen-bond donors (Lipinski definition) is 0. The predicted octanol–water partition coefficient (Wildman–Crippen LogP) is 2.99. The molecule has 0 aromatic heterocycles. The molecule has 0 amide bonds. The molecular formula is C17H26N2O. The first kappa shape index (κ1) is 16.3. The van der Waals surface area contributed by atoms with Gasteiger partial charge in [-0.25, -0.2) is 0 Å². The second kappa shape index (κ2) is 7.73. The Kier molecular flexibility index (Phi) is 6.29. The van der Waals surface area contributed by atoms with Crippen molar-refractivity contribution < 1.29 is 4.79 Å². The summed E-state index contributed by atoms with van der Waals surface area (Å²) < 4.78 is 0. The van der Waals surface area contributed by atoms with Crippen LogP contribution in [0.3, 0.4) is 0 Å². The van der Waals surface area contributed by atoms with E-state index >= 15 is 0 Å². The van der Waals surface area contributed by atoms with Crippen LogP contribution in [0.2, 0.25) is 0 Å². The molecule has 0 unspecified atom stereocenters. The molecule has 20 heavy (non-hydrogen) atoms. The Bertz CT molecular complexity index is 454. The van der Waals surface area contributed by atoms with Crippen LogP contribution in [0.25, 0.3) is 0 Å². The van der Waals surface area contributed by atoms with Gasteiger partial charge in [0.05, 0.1) is 0 Å². The highest BCUT2D eigenvalue weighted by atomic mass is 16.1. The largest absolute Gasteiger partial charge is 0.383 e. The smallest absolute Gasteiger partial charge is 0.185 e. The van der Waals surface area contributed by atoms with Gasteiger partial charge in [0.1, 0.15) is 0 Å². The molecule has 0 heterocycles. The second-order valence-corrected chi connectivity index (χ2v) is 5.69. The number of allylic oxidation sites excluding steroid dienone is 6. The van der Waals surface area contributed by atoms with Crippen LogP contribution in [0.15, 0.2) is 47.9 Å². The normalized spacial score (nSPS) is 24.2. The van der Waals surface area contributed by atoms with Crippen LogP contribution in [-0.2, 0) is 4.79 Å². The van der Waals surface area contributed by atoms with Gasteiger partial charge in [0.25, 0.3) is 0 Å². The van der Waals surface area contributed by atoms with E-state index in [1.807, 2.05) is 74.7 Å². The van der Waals surface area contributed by atoms with Gasteiger partial charge in [0.2, 0.25) is 0 Å². The molecule has 110 valence electrons. The maximum Gasteiger partial charge on any atom is 0.185 e. The van der Waals surface area contributed by atoms with E-state index in [0.29, 0.717) is 5.92 Å². The Morgan fingerprint density at radius 3 is 2.10 bits per heavy atom. The highest BCUT2D eigenvalue weighted by Crippen LogP contribution is 2.30. The van der Waals surface area contributed by atoms with Gasteiger partial charge >= 0.3 is 0 Å². The van der Waals surface area contributed by atoms with Crippen LogP contribution < -0.4 is 0 Å². The first-order valence-corrected chi connectivity index (χ1v) is 7.05. The molecular weight excluding hydrogens is 248 g/mol. The highest BCUT2D eigenvalue weighted by molar-refractivity contribution is 6.09. The van der Waals surface area contributed by atoms with Crippen LogP contribution in [0.5, 0.6) is 0 Å². The van der Waals surface area contributed by atoms with Crippen LogP contribution in [0.4, 0.5) is 0 Å². The number of nitrogens with zero attached hydrogens (tertiary/aromatic N) is 2. The molecule has 0 radical (unpaired) electrons. The summed E-state index contributed by atoms with van der Waals surface area (Å²) >= 11 is 0. The third-order valence-corrected chi connectivity index (χ3v) is 3.27. The number of rotatable bonds is 4. The quantitative estimate of drug-likeness (QED) is 0.736. The van der Waals surface area contributed by atoms with Crippen molar-refractivity contribution in [1.82, 2.24) is 9.80 Å². The molecule has 0 saturated heterocycles. The third kappa shape index (κ3) is 5.08. The van der Waals surface area contributed by atoms with E-state index in [-0.39, 0.29) is 5.78 Å². The van der Waals surface area contributed by atoms with Crippen molar-refractivity contribution in [1.29, 1.82) is 0 Å². The molecule has 1 atom stereocenters. The zero-order valence-corrected chi connectivity index (χ0v) is 13.3. The summed E-state index contributed by atoms with van der Waals surface area (Å²) in [6.45, 7) is 2.12.